The fraction of sp³-hybridized carbons (Fsp3) is 0.857. The first kappa shape index (κ1) is 16.3. The Balaban J connectivity index is 2.33. The molecular weight excluding hydrogens is 294 g/mol. The molecule has 0 aromatic carbocycles. The molecule has 1 aliphatic heterocycles. The average molecular weight is 317 g/mol. The third-order valence-electron chi connectivity index (χ3n) is 5.62. The van der Waals surface area contributed by atoms with Gasteiger partial charge in [-0.3, -0.25) is 9.59 Å². The molecule has 120 valence electrons. The minimum Gasteiger partial charge on any atom is -0.481 e. The number of hydrogen-bond acceptors (Lipinski definition) is 4. The van der Waals surface area contributed by atoms with Crippen LogP contribution in [0.2, 0.25) is 0 Å². The molecule has 3 atom stereocenters. The molecule has 0 radical (unpaired) electrons. The van der Waals surface area contributed by atoms with Crippen molar-refractivity contribution in [2.45, 2.75) is 58.2 Å². The van der Waals surface area contributed by atoms with Gasteiger partial charge in [-0.2, -0.15) is 0 Å². The van der Waals surface area contributed by atoms with E-state index >= 15 is 0 Å². The highest BCUT2D eigenvalue weighted by molar-refractivity contribution is 7.94. The van der Waals surface area contributed by atoms with Crippen molar-refractivity contribution in [3.05, 3.63) is 0 Å². The Morgan fingerprint density at radius 3 is 2.19 bits per heavy atom. The zero-order valence-electron chi connectivity index (χ0n) is 13.1. The van der Waals surface area contributed by atoms with Crippen LogP contribution in [0.1, 0.15) is 47.5 Å². The molecular formula is C14H23NO5S. The molecule has 3 unspecified atom stereocenters. The summed E-state index contributed by atoms with van der Waals surface area (Å²) in [5.74, 6) is -1.97. The van der Waals surface area contributed by atoms with Gasteiger partial charge in [-0.05, 0) is 38.0 Å². The SMILES string of the molecule is CC1C(N2C(=O)C(C)(C)S2(=O)=O)CCC(C(=O)O)C1(C)C. The van der Waals surface area contributed by atoms with E-state index < -0.39 is 38.1 Å². The monoisotopic (exact) mass is 317 g/mol. The number of rotatable bonds is 2. The number of carboxylic acids is 1. The van der Waals surface area contributed by atoms with E-state index in [1.165, 1.54) is 13.8 Å². The van der Waals surface area contributed by atoms with Crippen molar-refractivity contribution in [1.82, 2.24) is 4.31 Å². The highest BCUT2D eigenvalue weighted by atomic mass is 32.2. The fourth-order valence-electron chi connectivity index (χ4n) is 3.56. The first-order valence-corrected chi connectivity index (χ1v) is 8.62. The molecule has 1 saturated heterocycles. The van der Waals surface area contributed by atoms with Crippen LogP contribution >= 0.6 is 0 Å². The zero-order valence-corrected chi connectivity index (χ0v) is 13.9. The molecule has 1 saturated carbocycles. The van der Waals surface area contributed by atoms with Gasteiger partial charge >= 0.3 is 5.97 Å². The third kappa shape index (κ3) is 1.93. The van der Waals surface area contributed by atoms with Gasteiger partial charge in [0, 0.05) is 0 Å². The first-order chi connectivity index (χ1) is 9.36. The summed E-state index contributed by atoms with van der Waals surface area (Å²) < 4.78 is 24.3. The second-order valence-electron chi connectivity index (χ2n) is 7.26. The van der Waals surface area contributed by atoms with E-state index in [-0.39, 0.29) is 11.8 Å². The van der Waals surface area contributed by atoms with Crippen molar-refractivity contribution in [1.29, 1.82) is 0 Å². The summed E-state index contributed by atoms with van der Waals surface area (Å²) in [6, 6.07) is -0.443. The Bertz CT molecular complexity index is 592. The maximum atomic E-state index is 12.3. The van der Waals surface area contributed by atoms with E-state index in [4.69, 9.17) is 0 Å². The standard InChI is InChI=1S/C14H23NO5S/c1-8-10(7-6-9(11(16)17)13(8,2)3)15-12(18)14(4,5)21(15,19)20/h8-10H,6-7H2,1-5H3,(H,16,17). The van der Waals surface area contributed by atoms with Gasteiger partial charge in [0.15, 0.2) is 4.75 Å². The van der Waals surface area contributed by atoms with Gasteiger partial charge in [0.2, 0.25) is 0 Å². The summed E-state index contributed by atoms with van der Waals surface area (Å²) in [6.07, 6.45) is 0.791. The third-order valence-corrected chi connectivity index (χ3v) is 8.04. The topological polar surface area (TPSA) is 91.8 Å². The highest BCUT2D eigenvalue weighted by Crippen LogP contribution is 2.50. The molecule has 1 amide bonds. The van der Waals surface area contributed by atoms with Crippen LogP contribution < -0.4 is 0 Å². The van der Waals surface area contributed by atoms with Gasteiger partial charge in [-0.1, -0.05) is 20.8 Å². The van der Waals surface area contributed by atoms with Crippen molar-refractivity contribution in [3.8, 4) is 0 Å². The number of carbonyl (C=O) groups is 2. The lowest BCUT2D eigenvalue weighted by Gasteiger charge is -2.54. The van der Waals surface area contributed by atoms with Crippen LogP contribution in [0.5, 0.6) is 0 Å². The van der Waals surface area contributed by atoms with Gasteiger partial charge in [0.1, 0.15) is 0 Å². The number of hydrogen-bond donors (Lipinski definition) is 1. The number of sulfonamides is 1. The van der Waals surface area contributed by atoms with E-state index in [1.807, 2.05) is 20.8 Å². The molecule has 1 heterocycles. The molecule has 7 heteroatoms. The number of aliphatic carboxylic acids is 1. The summed E-state index contributed by atoms with van der Waals surface area (Å²) >= 11 is 0. The summed E-state index contributed by atoms with van der Waals surface area (Å²) in [5, 5.41) is 9.33. The van der Waals surface area contributed by atoms with Gasteiger partial charge in [0.05, 0.1) is 12.0 Å². The van der Waals surface area contributed by atoms with E-state index in [0.29, 0.717) is 12.8 Å². The smallest absolute Gasteiger partial charge is 0.307 e. The lowest BCUT2D eigenvalue weighted by molar-refractivity contribution is -0.152. The minimum absolute atomic E-state index is 0.206. The maximum Gasteiger partial charge on any atom is 0.307 e. The molecule has 2 fully saturated rings. The molecule has 21 heavy (non-hydrogen) atoms. The van der Waals surface area contributed by atoms with Crippen molar-refractivity contribution < 1.29 is 23.1 Å². The molecule has 0 aromatic heterocycles. The first-order valence-electron chi connectivity index (χ1n) is 7.18. The Morgan fingerprint density at radius 2 is 1.76 bits per heavy atom. The van der Waals surface area contributed by atoms with Crippen LogP contribution in [0.15, 0.2) is 0 Å². The predicted octanol–water partition coefficient (Wildman–Crippen LogP) is 1.46. The van der Waals surface area contributed by atoms with Crippen LogP contribution in [0.25, 0.3) is 0 Å². The van der Waals surface area contributed by atoms with Crippen LogP contribution in [0, 0.1) is 17.3 Å². The lowest BCUT2D eigenvalue weighted by atomic mass is 9.61. The average Bonchev–Trinajstić information content (AvgIpc) is 2.33. The normalized spacial score (nSPS) is 36.9. The van der Waals surface area contributed by atoms with Gasteiger partial charge in [0.25, 0.3) is 15.9 Å². The number of carbonyl (C=O) groups excluding carboxylic acids is 1. The summed E-state index contributed by atoms with van der Waals surface area (Å²) in [6.45, 7) is 8.35. The lowest BCUT2D eigenvalue weighted by Crippen LogP contribution is -2.72. The molecule has 1 aliphatic carbocycles. The second-order valence-corrected chi connectivity index (χ2v) is 9.63. The Labute approximate surface area is 125 Å². The van der Waals surface area contributed by atoms with Gasteiger partial charge in [-0.25, -0.2) is 12.7 Å². The largest absolute Gasteiger partial charge is 0.481 e. The molecule has 0 spiro atoms. The summed E-state index contributed by atoms with van der Waals surface area (Å²) in [4.78, 5) is 23.6. The van der Waals surface area contributed by atoms with Crippen LogP contribution in [0.3, 0.4) is 0 Å². The van der Waals surface area contributed by atoms with E-state index in [9.17, 15) is 23.1 Å². The Hall–Kier alpha value is -1.11. The quantitative estimate of drug-likeness (QED) is 0.832. The number of amides is 1. The maximum absolute atomic E-state index is 12.3. The van der Waals surface area contributed by atoms with E-state index in [0.717, 1.165) is 4.31 Å². The van der Waals surface area contributed by atoms with Crippen LogP contribution in [-0.4, -0.2) is 40.5 Å². The molecule has 1 N–H and O–H groups in total. The fourth-order valence-corrected chi connectivity index (χ4v) is 5.32. The number of carboxylic acid groups (broad SMARTS) is 1. The Morgan fingerprint density at radius 1 is 1.24 bits per heavy atom. The molecule has 2 rings (SSSR count). The van der Waals surface area contributed by atoms with Gasteiger partial charge < -0.3 is 5.11 Å². The van der Waals surface area contributed by atoms with E-state index in [2.05, 4.69) is 0 Å². The van der Waals surface area contributed by atoms with Crippen molar-refractivity contribution >= 4 is 21.9 Å². The number of nitrogens with zero attached hydrogens (tertiary/aromatic N) is 1. The van der Waals surface area contributed by atoms with Crippen molar-refractivity contribution in [3.63, 3.8) is 0 Å². The van der Waals surface area contributed by atoms with Crippen LogP contribution in [0.4, 0.5) is 0 Å². The van der Waals surface area contributed by atoms with E-state index in [1.54, 1.807) is 0 Å². The molecule has 6 nitrogen and oxygen atoms in total. The molecule has 2 aliphatic rings. The van der Waals surface area contributed by atoms with Crippen molar-refractivity contribution in [2.75, 3.05) is 0 Å². The summed E-state index contributed by atoms with van der Waals surface area (Å²) in [5.41, 5.74) is -0.565. The molecule has 0 aromatic rings. The Kier molecular flexibility index (Phi) is 3.44. The predicted molar refractivity (Wildman–Crippen MR) is 76.9 cm³/mol. The summed E-state index contributed by atoms with van der Waals surface area (Å²) in [7, 11) is -3.63. The zero-order chi connectivity index (χ0) is 16.4. The van der Waals surface area contributed by atoms with Crippen molar-refractivity contribution in [2.24, 2.45) is 17.3 Å². The second kappa shape index (κ2) is 4.44. The molecule has 0 bridgehead atoms. The highest BCUT2D eigenvalue weighted by Gasteiger charge is 2.64. The van der Waals surface area contributed by atoms with Crippen LogP contribution in [-0.2, 0) is 19.6 Å². The van der Waals surface area contributed by atoms with Gasteiger partial charge in [-0.15, -0.1) is 0 Å². The minimum atomic E-state index is -3.63.